The van der Waals surface area contributed by atoms with Crippen LogP contribution in [0.25, 0.3) is 0 Å². The number of ether oxygens (including phenoxy) is 2. The molecule has 0 aliphatic heterocycles. The number of hydrogen-bond donors (Lipinski definition) is 1. The Labute approximate surface area is 114 Å². The summed E-state index contributed by atoms with van der Waals surface area (Å²) >= 11 is 0. The van der Waals surface area contributed by atoms with E-state index >= 15 is 0 Å². The van der Waals surface area contributed by atoms with Gasteiger partial charge in [-0.3, -0.25) is 0 Å². The van der Waals surface area contributed by atoms with E-state index in [1.165, 1.54) is 14.2 Å². The van der Waals surface area contributed by atoms with E-state index < -0.39 is 12.2 Å². The van der Waals surface area contributed by atoms with Gasteiger partial charge in [-0.2, -0.15) is 0 Å². The van der Waals surface area contributed by atoms with Crippen LogP contribution in [-0.2, 0) is 14.3 Å². The fourth-order valence-electron chi connectivity index (χ4n) is 0.570. The maximum atomic E-state index is 10.1. The standard InChI is InChI=1S/C6H11O4.K.H2O/c1-9-5(3-7)6(4-8)10-2;;/h5-7H,3H2,1-2H3;;1H2/q-1;+1;/p-1/t5-,6+;;/m1../s1. The molecule has 0 aromatic carbocycles. The van der Waals surface area contributed by atoms with Crippen LogP contribution in [0.2, 0.25) is 0 Å². The van der Waals surface area contributed by atoms with E-state index in [1.54, 1.807) is 6.29 Å². The Hall–Kier alpha value is 1.15. The summed E-state index contributed by atoms with van der Waals surface area (Å²) in [5, 5.41) is 8.57. The molecule has 6 heteroatoms. The average Bonchev–Trinajstić information content (AvgIpc) is 2.00. The van der Waals surface area contributed by atoms with Gasteiger partial charge in [0, 0.05) is 14.2 Å². The molecule has 2 atom stereocenters. The molecule has 0 bridgehead atoms. The summed E-state index contributed by atoms with van der Waals surface area (Å²) in [6.45, 7) is -0.246. The fourth-order valence-corrected chi connectivity index (χ4v) is 0.570. The first-order chi connectivity index (χ1) is 4.79. The van der Waals surface area contributed by atoms with Crippen molar-refractivity contribution in [2.45, 2.75) is 12.2 Å². The zero-order valence-electron chi connectivity index (χ0n) is 7.48. The zero-order chi connectivity index (χ0) is 7.98. The zero-order valence-corrected chi connectivity index (χ0v) is 10.6. The molecule has 0 saturated carbocycles. The van der Waals surface area contributed by atoms with Crippen molar-refractivity contribution in [1.82, 2.24) is 0 Å². The second kappa shape index (κ2) is 12.1. The van der Waals surface area contributed by atoms with Gasteiger partial charge in [0.25, 0.3) is 0 Å². The summed E-state index contributed by atoms with van der Waals surface area (Å²) in [5.41, 5.74) is 0. The van der Waals surface area contributed by atoms with E-state index in [2.05, 4.69) is 4.74 Å². The van der Waals surface area contributed by atoms with E-state index in [0.29, 0.717) is 0 Å². The second-order valence-electron chi connectivity index (χ2n) is 1.73. The molecule has 0 heterocycles. The maximum Gasteiger partial charge on any atom is 1.00 e. The Balaban J connectivity index is -0.000000405. The van der Waals surface area contributed by atoms with Gasteiger partial charge in [-0.05, 0) is 6.10 Å². The fraction of sp³-hybridized carbons (Fsp3) is 0.833. The molecule has 0 fully saturated rings. The van der Waals surface area contributed by atoms with E-state index in [0.717, 1.165) is 0 Å². The van der Waals surface area contributed by atoms with E-state index in [1.807, 2.05) is 0 Å². The van der Waals surface area contributed by atoms with Crippen LogP contribution in [0.4, 0.5) is 0 Å². The van der Waals surface area contributed by atoms with Gasteiger partial charge in [-0.25, -0.2) is 6.29 Å². The van der Waals surface area contributed by atoms with Crippen molar-refractivity contribution < 1.29 is 76.2 Å². The quantitative estimate of drug-likeness (QED) is 0.363. The number of aliphatic hydroxyl groups excluding tert-OH is 1. The monoisotopic (exact) mass is 203 g/mol. The molecular weight excluding hydrogens is 191 g/mol. The molecule has 0 aliphatic rings. The van der Waals surface area contributed by atoms with Crippen LogP contribution < -0.4 is 51.4 Å². The van der Waals surface area contributed by atoms with E-state index in [9.17, 15) is 4.79 Å². The van der Waals surface area contributed by atoms with E-state index in [4.69, 9.17) is 9.84 Å². The summed E-state index contributed by atoms with van der Waals surface area (Å²) < 4.78 is 9.34. The largest absolute Gasteiger partial charge is 1.00 e. The summed E-state index contributed by atoms with van der Waals surface area (Å²) in [5.74, 6) is 0. The second-order valence-corrected chi connectivity index (χ2v) is 1.73. The van der Waals surface area contributed by atoms with Crippen LogP contribution in [-0.4, -0.2) is 49.9 Å². The number of hydrogen-bond acceptors (Lipinski definition) is 5. The molecule has 0 aromatic rings. The molecule has 12 heavy (non-hydrogen) atoms. The smallest absolute Gasteiger partial charge is 0.870 e. The van der Waals surface area contributed by atoms with Crippen LogP contribution in [0.15, 0.2) is 0 Å². The number of methoxy groups -OCH3 is 2. The Bertz CT molecular complexity index is 95.9. The van der Waals surface area contributed by atoms with Crippen molar-refractivity contribution in [2.75, 3.05) is 20.8 Å². The Morgan fingerprint density at radius 3 is 2.00 bits per heavy atom. The van der Waals surface area contributed by atoms with Gasteiger partial charge in [0.2, 0.25) is 0 Å². The summed E-state index contributed by atoms with van der Waals surface area (Å²) in [6, 6.07) is 0. The summed E-state index contributed by atoms with van der Waals surface area (Å²) in [4.78, 5) is 10.1. The third-order valence-electron chi connectivity index (χ3n) is 1.19. The first kappa shape index (κ1) is 18.8. The minimum Gasteiger partial charge on any atom is -0.870 e. The molecule has 68 valence electrons. The molecule has 0 rings (SSSR count). The van der Waals surface area contributed by atoms with Crippen LogP contribution >= 0.6 is 0 Å². The molecule has 0 aliphatic carbocycles. The topological polar surface area (TPSA) is 85.8 Å². The summed E-state index contributed by atoms with van der Waals surface area (Å²) in [6.07, 6.45) is 0.191. The molecule has 2 N–H and O–H groups in total. The molecule has 0 saturated heterocycles. The van der Waals surface area contributed by atoms with Crippen molar-refractivity contribution in [1.29, 1.82) is 0 Å². The maximum absolute atomic E-state index is 10.1. The van der Waals surface area contributed by atoms with Gasteiger partial charge < -0.3 is 24.9 Å². The molecule has 0 spiro atoms. The number of carbonyl (C=O) groups excluding carboxylic acids is 1. The SMILES string of the molecule is CO[C@@H]([C-]=O)[C@@H](CO)OC.[K+].[OH-]. The van der Waals surface area contributed by atoms with Crippen molar-refractivity contribution in [2.24, 2.45) is 0 Å². The molecule has 5 nitrogen and oxygen atoms in total. The predicted molar refractivity (Wildman–Crippen MR) is 36.3 cm³/mol. The van der Waals surface area contributed by atoms with Gasteiger partial charge in [0.05, 0.1) is 12.7 Å². The first-order valence-electron chi connectivity index (χ1n) is 2.84. The van der Waals surface area contributed by atoms with Crippen LogP contribution in [0.1, 0.15) is 0 Å². The van der Waals surface area contributed by atoms with Gasteiger partial charge >= 0.3 is 51.4 Å². The molecule has 0 amide bonds. The Morgan fingerprint density at radius 2 is 1.92 bits per heavy atom. The van der Waals surface area contributed by atoms with Gasteiger partial charge in [0.15, 0.2) is 0 Å². The average molecular weight is 203 g/mol. The van der Waals surface area contributed by atoms with E-state index in [-0.39, 0.29) is 63.5 Å². The number of aliphatic hydroxyl groups is 1. The van der Waals surface area contributed by atoms with Crippen molar-refractivity contribution in [3.05, 3.63) is 0 Å². The van der Waals surface area contributed by atoms with Crippen molar-refractivity contribution in [3.63, 3.8) is 0 Å². The first-order valence-corrected chi connectivity index (χ1v) is 2.84. The minimum absolute atomic E-state index is 0. The third kappa shape index (κ3) is 6.64. The van der Waals surface area contributed by atoms with Gasteiger partial charge in [-0.1, -0.05) is 0 Å². The van der Waals surface area contributed by atoms with Gasteiger partial charge in [0.1, 0.15) is 0 Å². The molecular formula is C6H12KO5-. The number of rotatable bonds is 5. The molecule has 0 unspecified atom stereocenters. The predicted octanol–water partition coefficient (Wildman–Crippen LogP) is -4.05. The van der Waals surface area contributed by atoms with Gasteiger partial charge in [-0.15, -0.1) is 0 Å². The van der Waals surface area contributed by atoms with Crippen molar-refractivity contribution >= 4 is 6.29 Å². The molecule has 0 aromatic heterocycles. The molecule has 0 radical (unpaired) electrons. The van der Waals surface area contributed by atoms with Crippen LogP contribution in [0, 0.1) is 0 Å². The summed E-state index contributed by atoms with van der Waals surface area (Å²) in [7, 11) is 2.75. The van der Waals surface area contributed by atoms with Crippen LogP contribution in [0.3, 0.4) is 0 Å². The van der Waals surface area contributed by atoms with Crippen LogP contribution in [0.5, 0.6) is 0 Å². The minimum atomic E-state index is -0.796. The normalized spacial score (nSPS) is 13.6. The third-order valence-corrected chi connectivity index (χ3v) is 1.19. The Morgan fingerprint density at radius 1 is 1.42 bits per heavy atom. The Kier molecular flexibility index (Phi) is 19.1. The van der Waals surface area contributed by atoms with Crippen molar-refractivity contribution in [3.8, 4) is 0 Å².